The Morgan fingerprint density at radius 2 is 1.93 bits per heavy atom. The first-order valence-electron chi connectivity index (χ1n) is 9.22. The van der Waals surface area contributed by atoms with Crippen LogP contribution in [0.2, 0.25) is 0 Å². The molecule has 2 rings (SSSR count). The third kappa shape index (κ3) is 6.77. The SMILES string of the molecule is CCNC(=NCc1ccc(OC)cc1OC)NCCCNC(=O)c1cccs1. The van der Waals surface area contributed by atoms with Crippen LogP contribution in [0, 0.1) is 0 Å². The molecule has 0 aliphatic carbocycles. The average molecular weight is 405 g/mol. The Labute approximate surface area is 170 Å². The standard InChI is InChI=1S/C20H28N4O3S/c1-4-21-20(23-11-6-10-22-19(25)18-7-5-12-28-18)24-14-15-8-9-16(26-2)13-17(15)27-3/h5,7-9,12-13H,4,6,10-11,14H2,1-3H3,(H,22,25)(H2,21,23,24). The van der Waals surface area contributed by atoms with Crippen LogP contribution in [-0.4, -0.2) is 45.7 Å². The van der Waals surface area contributed by atoms with Gasteiger partial charge in [-0.3, -0.25) is 4.79 Å². The molecule has 0 fully saturated rings. The zero-order valence-electron chi connectivity index (χ0n) is 16.6. The number of guanidine groups is 1. The van der Waals surface area contributed by atoms with Gasteiger partial charge in [-0.2, -0.15) is 0 Å². The van der Waals surface area contributed by atoms with Gasteiger partial charge < -0.3 is 25.4 Å². The predicted octanol–water partition coefficient (Wildman–Crippen LogP) is 2.64. The zero-order chi connectivity index (χ0) is 20.2. The van der Waals surface area contributed by atoms with E-state index in [1.54, 1.807) is 14.2 Å². The molecule has 2 aromatic rings. The Hall–Kier alpha value is -2.74. The maximum absolute atomic E-state index is 11.9. The van der Waals surface area contributed by atoms with E-state index < -0.39 is 0 Å². The number of methoxy groups -OCH3 is 2. The molecule has 0 spiro atoms. The van der Waals surface area contributed by atoms with Gasteiger partial charge in [0.15, 0.2) is 5.96 Å². The van der Waals surface area contributed by atoms with Crippen molar-refractivity contribution in [3.05, 3.63) is 46.2 Å². The van der Waals surface area contributed by atoms with Crippen molar-refractivity contribution in [1.29, 1.82) is 0 Å². The van der Waals surface area contributed by atoms with Crippen molar-refractivity contribution in [2.24, 2.45) is 4.99 Å². The van der Waals surface area contributed by atoms with Gasteiger partial charge in [-0.15, -0.1) is 11.3 Å². The molecule has 28 heavy (non-hydrogen) atoms. The number of hydrogen-bond donors (Lipinski definition) is 3. The van der Waals surface area contributed by atoms with Crippen molar-refractivity contribution in [3.63, 3.8) is 0 Å². The third-order valence-electron chi connectivity index (χ3n) is 3.92. The zero-order valence-corrected chi connectivity index (χ0v) is 17.4. The van der Waals surface area contributed by atoms with Crippen LogP contribution in [0.1, 0.15) is 28.6 Å². The molecule has 1 heterocycles. The number of thiophene rings is 1. The van der Waals surface area contributed by atoms with E-state index in [4.69, 9.17) is 9.47 Å². The number of nitrogens with one attached hydrogen (secondary N) is 3. The Morgan fingerprint density at radius 1 is 1.11 bits per heavy atom. The van der Waals surface area contributed by atoms with Crippen molar-refractivity contribution < 1.29 is 14.3 Å². The van der Waals surface area contributed by atoms with Crippen molar-refractivity contribution >= 4 is 23.2 Å². The number of amides is 1. The topological polar surface area (TPSA) is 84.0 Å². The number of rotatable bonds is 10. The van der Waals surface area contributed by atoms with Gasteiger partial charge in [0.1, 0.15) is 11.5 Å². The Bertz CT molecular complexity index is 763. The molecule has 3 N–H and O–H groups in total. The van der Waals surface area contributed by atoms with Crippen LogP contribution >= 0.6 is 11.3 Å². The van der Waals surface area contributed by atoms with E-state index in [9.17, 15) is 4.79 Å². The fraction of sp³-hybridized carbons (Fsp3) is 0.400. The molecule has 0 aliphatic rings. The molecule has 1 amide bonds. The summed E-state index contributed by atoms with van der Waals surface area (Å²) >= 11 is 1.44. The Morgan fingerprint density at radius 3 is 2.61 bits per heavy atom. The monoisotopic (exact) mass is 404 g/mol. The number of ether oxygens (including phenoxy) is 2. The molecule has 0 saturated heterocycles. The van der Waals surface area contributed by atoms with Crippen LogP contribution in [-0.2, 0) is 6.54 Å². The van der Waals surface area contributed by atoms with Crippen LogP contribution < -0.4 is 25.4 Å². The molecule has 0 bridgehead atoms. The number of benzene rings is 1. The molecule has 152 valence electrons. The van der Waals surface area contributed by atoms with Gasteiger partial charge in [-0.05, 0) is 36.9 Å². The number of carbonyl (C=O) groups is 1. The first-order chi connectivity index (χ1) is 13.7. The minimum atomic E-state index is -0.0258. The lowest BCUT2D eigenvalue weighted by Crippen LogP contribution is -2.38. The van der Waals surface area contributed by atoms with Crippen LogP contribution in [0.3, 0.4) is 0 Å². The number of hydrogen-bond acceptors (Lipinski definition) is 5. The second-order valence-corrected chi connectivity index (χ2v) is 6.83. The quantitative estimate of drug-likeness (QED) is 0.322. The van der Waals surface area contributed by atoms with Gasteiger partial charge in [0, 0.05) is 31.3 Å². The predicted molar refractivity (Wildman–Crippen MR) is 114 cm³/mol. The normalized spacial score (nSPS) is 11.0. The van der Waals surface area contributed by atoms with E-state index >= 15 is 0 Å². The third-order valence-corrected chi connectivity index (χ3v) is 4.79. The molecule has 8 heteroatoms. The Balaban J connectivity index is 1.81. The minimum Gasteiger partial charge on any atom is -0.497 e. The van der Waals surface area contributed by atoms with Crippen LogP contribution in [0.25, 0.3) is 0 Å². The second-order valence-electron chi connectivity index (χ2n) is 5.89. The Kier molecular flexibility index (Phi) is 9.14. The lowest BCUT2D eigenvalue weighted by molar-refractivity contribution is 0.0957. The van der Waals surface area contributed by atoms with Gasteiger partial charge in [0.05, 0.1) is 25.6 Å². The van der Waals surface area contributed by atoms with Gasteiger partial charge in [-0.1, -0.05) is 6.07 Å². The first-order valence-corrected chi connectivity index (χ1v) is 10.1. The highest BCUT2D eigenvalue weighted by Crippen LogP contribution is 2.25. The maximum Gasteiger partial charge on any atom is 0.261 e. The summed E-state index contributed by atoms with van der Waals surface area (Å²) in [5.41, 5.74) is 0.976. The average Bonchev–Trinajstić information content (AvgIpc) is 3.26. The molecular formula is C20H28N4O3S. The van der Waals surface area contributed by atoms with Crippen LogP contribution in [0.4, 0.5) is 0 Å². The van der Waals surface area contributed by atoms with E-state index in [1.165, 1.54) is 11.3 Å². The summed E-state index contributed by atoms with van der Waals surface area (Å²) in [5, 5.41) is 11.3. The molecule has 1 aromatic heterocycles. The van der Waals surface area contributed by atoms with E-state index in [1.807, 2.05) is 42.6 Å². The van der Waals surface area contributed by atoms with Crippen LogP contribution in [0.5, 0.6) is 11.5 Å². The number of nitrogens with zero attached hydrogens (tertiary/aromatic N) is 1. The van der Waals surface area contributed by atoms with Crippen LogP contribution in [0.15, 0.2) is 40.7 Å². The van der Waals surface area contributed by atoms with E-state index in [2.05, 4.69) is 20.9 Å². The number of carbonyl (C=O) groups excluding carboxylic acids is 1. The van der Waals surface area contributed by atoms with Crippen molar-refractivity contribution in [3.8, 4) is 11.5 Å². The molecule has 0 radical (unpaired) electrons. The van der Waals surface area contributed by atoms with E-state index in [0.29, 0.717) is 19.6 Å². The van der Waals surface area contributed by atoms with Gasteiger partial charge in [-0.25, -0.2) is 4.99 Å². The molecule has 0 aliphatic heterocycles. The summed E-state index contributed by atoms with van der Waals surface area (Å²) in [6.07, 6.45) is 0.799. The van der Waals surface area contributed by atoms with Crippen molar-refractivity contribution in [2.75, 3.05) is 33.9 Å². The van der Waals surface area contributed by atoms with Crippen molar-refractivity contribution in [1.82, 2.24) is 16.0 Å². The second kappa shape index (κ2) is 11.9. The highest BCUT2D eigenvalue weighted by Gasteiger charge is 2.06. The van der Waals surface area contributed by atoms with E-state index in [0.717, 1.165) is 40.9 Å². The fourth-order valence-electron chi connectivity index (χ4n) is 2.48. The first kappa shape index (κ1) is 21.6. The van der Waals surface area contributed by atoms with Gasteiger partial charge in [0.25, 0.3) is 5.91 Å². The smallest absolute Gasteiger partial charge is 0.261 e. The highest BCUT2D eigenvalue weighted by atomic mass is 32.1. The molecule has 0 saturated carbocycles. The summed E-state index contributed by atoms with van der Waals surface area (Å²) in [4.78, 5) is 17.2. The lowest BCUT2D eigenvalue weighted by Gasteiger charge is -2.13. The molecule has 0 unspecified atom stereocenters. The molecule has 0 atom stereocenters. The molecular weight excluding hydrogens is 376 g/mol. The van der Waals surface area contributed by atoms with Gasteiger partial charge in [0.2, 0.25) is 0 Å². The maximum atomic E-state index is 11.9. The molecule has 1 aromatic carbocycles. The number of aliphatic imine (C=N–C) groups is 1. The minimum absolute atomic E-state index is 0.0258. The van der Waals surface area contributed by atoms with E-state index in [-0.39, 0.29) is 5.91 Å². The van der Waals surface area contributed by atoms with Crippen molar-refractivity contribution in [2.45, 2.75) is 19.9 Å². The largest absolute Gasteiger partial charge is 0.497 e. The summed E-state index contributed by atoms with van der Waals surface area (Å²) in [7, 11) is 3.26. The summed E-state index contributed by atoms with van der Waals surface area (Å²) in [5.74, 6) is 2.20. The molecule has 7 nitrogen and oxygen atoms in total. The highest BCUT2D eigenvalue weighted by molar-refractivity contribution is 7.12. The summed E-state index contributed by atoms with van der Waals surface area (Å²) in [6.45, 7) is 4.58. The summed E-state index contributed by atoms with van der Waals surface area (Å²) in [6, 6.07) is 9.38. The lowest BCUT2D eigenvalue weighted by atomic mass is 10.2. The fourth-order valence-corrected chi connectivity index (χ4v) is 3.12. The summed E-state index contributed by atoms with van der Waals surface area (Å²) < 4.78 is 10.6. The van der Waals surface area contributed by atoms with Gasteiger partial charge >= 0.3 is 0 Å².